The van der Waals surface area contributed by atoms with Crippen LogP contribution in [0.15, 0.2) is 22.7 Å². The quantitative estimate of drug-likeness (QED) is 0.902. The molecule has 134 valence electrons. The van der Waals surface area contributed by atoms with Crippen LogP contribution >= 0.6 is 0 Å². The van der Waals surface area contributed by atoms with E-state index in [1.165, 1.54) is 12.3 Å². The Kier molecular flexibility index (Phi) is 3.75. The van der Waals surface area contributed by atoms with Crippen molar-refractivity contribution in [3.8, 4) is 0 Å². The van der Waals surface area contributed by atoms with Gasteiger partial charge in [0.15, 0.2) is 0 Å². The molecule has 3 fully saturated rings. The number of amides is 1. The average molecular weight is 353 g/mol. The molecule has 8 heteroatoms. The van der Waals surface area contributed by atoms with Crippen LogP contribution < -0.4 is 5.32 Å². The summed E-state index contributed by atoms with van der Waals surface area (Å²) in [6, 6.07) is 2.45. The SMILES string of the molecule is C[C@@H]1[C@H](NC(=O)c2cc3oc(C(F)(F)F)cc3cn2)C2CCN1CC2. The Balaban J connectivity index is 1.56. The zero-order valence-corrected chi connectivity index (χ0v) is 13.6. The predicted molar refractivity (Wildman–Crippen MR) is 84.0 cm³/mol. The number of aromatic nitrogens is 1. The van der Waals surface area contributed by atoms with E-state index in [9.17, 15) is 18.0 Å². The van der Waals surface area contributed by atoms with E-state index in [1.54, 1.807) is 0 Å². The van der Waals surface area contributed by atoms with E-state index in [-0.39, 0.29) is 34.7 Å². The van der Waals surface area contributed by atoms with E-state index in [2.05, 4.69) is 22.1 Å². The van der Waals surface area contributed by atoms with Crippen molar-refractivity contribution in [3.05, 3.63) is 29.8 Å². The lowest BCUT2D eigenvalue weighted by atomic mass is 9.79. The number of pyridine rings is 1. The van der Waals surface area contributed by atoms with E-state index >= 15 is 0 Å². The van der Waals surface area contributed by atoms with E-state index in [1.807, 2.05) is 0 Å². The van der Waals surface area contributed by atoms with Gasteiger partial charge in [0.25, 0.3) is 5.91 Å². The number of nitrogens with one attached hydrogen (secondary N) is 1. The van der Waals surface area contributed by atoms with Crippen molar-refractivity contribution in [2.24, 2.45) is 5.92 Å². The van der Waals surface area contributed by atoms with Crippen LogP contribution in [0, 0.1) is 5.92 Å². The molecule has 0 unspecified atom stereocenters. The summed E-state index contributed by atoms with van der Waals surface area (Å²) < 4.78 is 43.0. The summed E-state index contributed by atoms with van der Waals surface area (Å²) in [6.07, 6.45) is -1.22. The first-order valence-corrected chi connectivity index (χ1v) is 8.34. The minimum Gasteiger partial charge on any atom is -0.451 e. The van der Waals surface area contributed by atoms with Crippen LogP contribution in [0.2, 0.25) is 0 Å². The van der Waals surface area contributed by atoms with Crippen molar-refractivity contribution in [3.63, 3.8) is 0 Å². The van der Waals surface area contributed by atoms with Crippen LogP contribution in [0.3, 0.4) is 0 Å². The fourth-order valence-corrected chi connectivity index (χ4v) is 3.97. The molecule has 5 rings (SSSR count). The largest absolute Gasteiger partial charge is 0.451 e. The summed E-state index contributed by atoms with van der Waals surface area (Å²) in [7, 11) is 0. The lowest BCUT2D eigenvalue weighted by Gasteiger charge is -2.49. The number of halogens is 3. The molecule has 2 atom stereocenters. The lowest BCUT2D eigenvalue weighted by molar-refractivity contribution is -0.152. The van der Waals surface area contributed by atoms with Gasteiger partial charge in [-0.25, -0.2) is 0 Å². The number of carbonyl (C=O) groups is 1. The Bertz CT molecular complexity index is 807. The number of carbonyl (C=O) groups excluding carboxylic acids is 1. The summed E-state index contributed by atoms with van der Waals surface area (Å²) in [6.45, 7) is 4.19. The second kappa shape index (κ2) is 5.72. The minimum absolute atomic E-state index is 0.00874. The summed E-state index contributed by atoms with van der Waals surface area (Å²) >= 11 is 0. The monoisotopic (exact) mass is 353 g/mol. The lowest BCUT2D eigenvalue weighted by Crippen LogP contribution is -2.62. The molecule has 3 aliphatic rings. The molecular weight excluding hydrogens is 335 g/mol. The van der Waals surface area contributed by atoms with E-state index in [0.29, 0.717) is 5.92 Å². The molecule has 0 aliphatic carbocycles. The number of nitrogens with zero attached hydrogens (tertiary/aromatic N) is 2. The Morgan fingerprint density at radius 2 is 2.04 bits per heavy atom. The number of fused-ring (bicyclic) bond motifs is 4. The summed E-state index contributed by atoms with van der Waals surface area (Å²) in [5.41, 5.74) is 0.0775. The number of hydrogen-bond acceptors (Lipinski definition) is 4. The molecule has 5 nitrogen and oxygen atoms in total. The van der Waals surface area contributed by atoms with Gasteiger partial charge in [0.05, 0.1) is 0 Å². The van der Waals surface area contributed by atoms with E-state index in [4.69, 9.17) is 4.42 Å². The van der Waals surface area contributed by atoms with Crippen molar-refractivity contribution in [1.82, 2.24) is 15.2 Å². The van der Waals surface area contributed by atoms with Gasteiger partial charge in [-0.1, -0.05) is 0 Å². The Morgan fingerprint density at radius 1 is 1.32 bits per heavy atom. The molecule has 2 bridgehead atoms. The van der Waals surface area contributed by atoms with Crippen LogP contribution in [-0.2, 0) is 6.18 Å². The molecule has 2 aromatic heterocycles. The number of alkyl halides is 3. The molecule has 2 aromatic rings. The molecule has 0 saturated carbocycles. The zero-order chi connectivity index (χ0) is 17.8. The topological polar surface area (TPSA) is 58.4 Å². The first-order chi connectivity index (χ1) is 11.8. The molecule has 1 N–H and O–H groups in total. The zero-order valence-electron chi connectivity index (χ0n) is 13.6. The standard InChI is InChI=1S/C17H18F3N3O2/c1-9-15(10-2-4-23(9)5-3-10)22-16(24)12-7-13-11(8-21-12)6-14(25-13)17(18,19)20/h6-10,15H,2-5H2,1H3,(H,22,24)/t9-,15+/m1/s1. The normalized spacial score (nSPS) is 29.1. The van der Waals surface area contributed by atoms with Gasteiger partial charge >= 0.3 is 6.18 Å². The molecule has 3 aliphatic heterocycles. The predicted octanol–water partition coefficient (Wildman–Crippen LogP) is 3.06. The fourth-order valence-electron chi connectivity index (χ4n) is 3.97. The molecule has 0 radical (unpaired) electrons. The van der Waals surface area contributed by atoms with Gasteiger partial charge in [-0.3, -0.25) is 14.7 Å². The van der Waals surface area contributed by atoms with Gasteiger partial charge in [0.1, 0.15) is 11.3 Å². The highest BCUT2D eigenvalue weighted by molar-refractivity contribution is 5.95. The van der Waals surface area contributed by atoms with Crippen molar-refractivity contribution < 1.29 is 22.4 Å². The van der Waals surface area contributed by atoms with Crippen LogP contribution in [0.25, 0.3) is 11.0 Å². The van der Waals surface area contributed by atoms with E-state index < -0.39 is 11.9 Å². The van der Waals surface area contributed by atoms with Crippen LogP contribution in [0.4, 0.5) is 13.2 Å². The molecule has 1 amide bonds. The van der Waals surface area contributed by atoms with Crippen molar-refractivity contribution in [2.75, 3.05) is 13.1 Å². The van der Waals surface area contributed by atoms with Crippen LogP contribution in [0.5, 0.6) is 0 Å². The van der Waals surface area contributed by atoms with Gasteiger partial charge < -0.3 is 9.73 Å². The average Bonchev–Trinajstić information content (AvgIpc) is 3.02. The maximum Gasteiger partial charge on any atom is 0.449 e. The fraction of sp³-hybridized carbons (Fsp3) is 0.529. The minimum atomic E-state index is -4.56. The van der Waals surface area contributed by atoms with Gasteiger partial charge in [-0.05, 0) is 44.8 Å². The third-order valence-electron chi connectivity index (χ3n) is 5.39. The molecule has 5 heterocycles. The maximum absolute atomic E-state index is 12.7. The second-order valence-electron chi connectivity index (χ2n) is 6.83. The number of piperidine rings is 3. The Morgan fingerprint density at radius 3 is 2.68 bits per heavy atom. The Labute approximate surface area is 142 Å². The van der Waals surface area contributed by atoms with Crippen molar-refractivity contribution in [1.29, 1.82) is 0 Å². The summed E-state index contributed by atoms with van der Waals surface area (Å²) in [4.78, 5) is 18.9. The molecule has 3 saturated heterocycles. The highest BCUT2D eigenvalue weighted by atomic mass is 19.4. The van der Waals surface area contributed by atoms with Crippen LogP contribution in [-0.4, -0.2) is 41.0 Å². The molecular formula is C17H18F3N3O2. The van der Waals surface area contributed by atoms with Crippen LogP contribution in [0.1, 0.15) is 36.0 Å². The maximum atomic E-state index is 12.7. The number of furan rings is 1. The molecule has 25 heavy (non-hydrogen) atoms. The first kappa shape index (κ1) is 16.4. The summed E-state index contributed by atoms with van der Waals surface area (Å²) in [5.74, 6) is -1.03. The number of rotatable bonds is 2. The highest BCUT2D eigenvalue weighted by Gasteiger charge is 2.40. The van der Waals surface area contributed by atoms with Crippen molar-refractivity contribution in [2.45, 2.75) is 38.0 Å². The second-order valence-corrected chi connectivity index (χ2v) is 6.83. The van der Waals surface area contributed by atoms with Crippen molar-refractivity contribution >= 4 is 16.9 Å². The van der Waals surface area contributed by atoms with E-state index in [0.717, 1.165) is 32.0 Å². The van der Waals surface area contributed by atoms with Gasteiger partial charge in [0.2, 0.25) is 5.76 Å². The smallest absolute Gasteiger partial charge is 0.449 e. The molecule has 0 spiro atoms. The first-order valence-electron chi connectivity index (χ1n) is 8.34. The molecule has 0 aromatic carbocycles. The van der Waals surface area contributed by atoms with Gasteiger partial charge in [-0.15, -0.1) is 0 Å². The van der Waals surface area contributed by atoms with Gasteiger partial charge in [-0.2, -0.15) is 13.2 Å². The highest BCUT2D eigenvalue weighted by Crippen LogP contribution is 2.34. The summed E-state index contributed by atoms with van der Waals surface area (Å²) in [5, 5.41) is 3.23. The van der Waals surface area contributed by atoms with Gasteiger partial charge in [0, 0.05) is 29.7 Å². The Hall–Kier alpha value is -2.09. The number of hydrogen-bond donors (Lipinski definition) is 1. The third-order valence-corrected chi connectivity index (χ3v) is 5.39. The third kappa shape index (κ3) is 2.88.